The molecule has 1 heterocycles. The third-order valence-corrected chi connectivity index (χ3v) is 4.81. The lowest BCUT2D eigenvalue weighted by Gasteiger charge is -2.23. The molecule has 0 aromatic heterocycles. The van der Waals surface area contributed by atoms with Crippen molar-refractivity contribution in [1.82, 2.24) is 9.80 Å². The van der Waals surface area contributed by atoms with E-state index in [2.05, 4.69) is 0 Å². The number of carbonyl (C=O) groups is 2. The van der Waals surface area contributed by atoms with Crippen LogP contribution in [-0.2, 0) is 0 Å². The van der Waals surface area contributed by atoms with E-state index in [0.717, 1.165) is 0 Å². The first-order valence-corrected chi connectivity index (χ1v) is 8.99. The van der Waals surface area contributed by atoms with E-state index in [1.165, 1.54) is 12.1 Å². The van der Waals surface area contributed by atoms with Crippen LogP contribution in [0.5, 0.6) is 5.75 Å². The third-order valence-electron chi connectivity index (χ3n) is 4.81. The maximum Gasteiger partial charge on any atom is 0.257 e. The normalized spacial score (nSPS) is 14.6. The monoisotopic (exact) mass is 370 g/mol. The van der Waals surface area contributed by atoms with E-state index in [1.54, 1.807) is 48.1 Å². The Kier molecular flexibility index (Phi) is 5.74. The predicted octanol–water partition coefficient (Wildman–Crippen LogP) is 3.13. The van der Waals surface area contributed by atoms with E-state index in [1.807, 2.05) is 6.07 Å². The molecule has 2 aromatic rings. The minimum absolute atomic E-state index is 0.0978. The summed E-state index contributed by atoms with van der Waals surface area (Å²) in [5.74, 6) is -0.0125. The molecule has 142 valence electrons. The number of aryl methyl sites for hydroxylation is 1. The summed E-state index contributed by atoms with van der Waals surface area (Å²) in [5.41, 5.74) is 1.44. The minimum Gasteiger partial charge on any atom is -0.496 e. The summed E-state index contributed by atoms with van der Waals surface area (Å²) in [7, 11) is 1.54. The molecule has 1 saturated heterocycles. The SMILES string of the molecule is COc1ccccc1C(=O)N1CCCN(C(=O)c2ccc(F)c(C)c2)CC1. The summed E-state index contributed by atoms with van der Waals surface area (Å²) >= 11 is 0. The Labute approximate surface area is 158 Å². The summed E-state index contributed by atoms with van der Waals surface area (Å²) in [5, 5.41) is 0. The molecule has 0 saturated carbocycles. The number of carbonyl (C=O) groups excluding carboxylic acids is 2. The molecule has 0 unspecified atom stereocenters. The predicted molar refractivity (Wildman–Crippen MR) is 101 cm³/mol. The second kappa shape index (κ2) is 8.20. The number of halogens is 1. The fourth-order valence-electron chi connectivity index (χ4n) is 3.28. The smallest absolute Gasteiger partial charge is 0.257 e. The van der Waals surface area contributed by atoms with Gasteiger partial charge in [-0.25, -0.2) is 4.39 Å². The molecule has 1 aliphatic heterocycles. The van der Waals surface area contributed by atoms with Gasteiger partial charge in [0.1, 0.15) is 11.6 Å². The number of para-hydroxylation sites is 1. The van der Waals surface area contributed by atoms with Crippen LogP contribution in [0.15, 0.2) is 42.5 Å². The lowest BCUT2D eigenvalue weighted by atomic mass is 10.1. The van der Waals surface area contributed by atoms with E-state index in [-0.39, 0.29) is 17.6 Å². The average molecular weight is 370 g/mol. The van der Waals surface area contributed by atoms with Crippen molar-refractivity contribution in [3.05, 3.63) is 65.0 Å². The number of hydrogen-bond acceptors (Lipinski definition) is 3. The number of rotatable bonds is 3. The van der Waals surface area contributed by atoms with Crippen molar-refractivity contribution in [1.29, 1.82) is 0 Å². The van der Waals surface area contributed by atoms with E-state index >= 15 is 0 Å². The van der Waals surface area contributed by atoms with Crippen LogP contribution in [0.2, 0.25) is 0 Å². The van der Waals surface area contributed by atoms with Gasteiger partial charge in [-0.15, -0.1) is 0 Å². The molecule has 0 N–H and O–H groups in total. The molecule has 1 aliphatic rings. The van der Waals surface area contributed by atoms with Crippen molar-refractivity contribution in [2.75, 3.05) is 33.3 Å². The van der Waals surface area contributed by atoms with Gasteiger partial charge >= 0.3 is 0 Å². The fraction of sp³-hybridized carbons (Fsp3) is 0.333. The van der Waals surface area contributed by atoms with Gasteiger partial charge < -0.3 is 14.5 Å². The summed E-state index contributed by atoms with van der Waals surface area (Å²) < 4.78 is 18.7. The standard InChI is InChI=1S/C21H23FN2O3/c1-15-14-16(8-9-18(15)22)20(25)23-10-5-11-24(13-12-23)21(26)17-6-3-4-7-19(17)27-2/h3-4,6-9,14H,5,10-13H2,1-2H3. The second-order valence-electron chi connectivity index (χ2n) is 6.60. The largest absolute Gasteiger partial charge is 0.496 e. The van der Waals surface area contributed by atoms with Crippen LogP contribution in [0.25, 0.3) is 0 Å². The highest BCUT2D eigenvalue weighted by molar-refractivity contribution is 5.97. The summed E-state index contributed by atoms with van der Waals surface area (Å²) in [6, 6.07) is 11.5. The van der Waals surface area contributed by atoms with E-state index in [9.17, 15) is 14.0 Å². The van der Waals surface area contributed by atoms with Crippen LogP contribution < -0.4 is 4.74 Å². The maximum atomic E-state index is 13.5. The number of ether oxygens (including phenoxy) is 1. The van der Waals surface area contributed by atoms with Gasteiger partial charge in [0.2, 0.25) is 0 Å². The zero-order valence-electron chi connectivity index (χ0n) is 15.6. The van der Waals surface area contributed by atoms with Crippen molar-refractivity contribution in [2.24, 2.45) is 0 Å². The highest BCUT2D eigenvalue weighted by Gasteiger charge is 2.25. The van der Waals surface area contributed by atoms with Gasteiger partial charge in [-0.05, 0) is 49.2 Å². The zero-order valence-corrected chi connectivity index (χ0v) is 15.6. The minimum atomic E-state index is -0.323. The number of nitrogens with zero attached hydrogens (tertiary/aromatic N) is 2. The van der Waals surface area contributed by atoms with E-state index in [0.29, 0.717) is 55.0 Å². The van der Waals surface area contributed by atoms with Crippen LogP contribution in [0.4, 0.5) is 4.39 Å². The summed E-state index contributed by atoms with van der Waals surface area (Å²) in [6.07, 6.45) is 0.687. The molecule has 6 heteroatoms. The molecule has 2 amide bonds. The molecule has 0 atom stereocenters. The van der Waals surface area contributed by atoms with Crippen LogP contribution >= 0.6 is 0 Å². The van der Waals surface area contributed by atoms with E-state index in [4.69, 9.17) is 4.74 Å². The van der Waals surface area contributed by atoms with Gasteiger partial charge in [0.25, 0.3) is 11.8 Å². The highest BCUT2D eigenvalue weighted by Crippen LogP contribution is 2.20. The quantitative estimate of drug-likeness (QED) is 0.834. The third kappa shape index (κ3) is 4.10. The second-order valence-corrected chi connectivity index (χ2v) is 6.60. The van der Waals surface area contributed by atoms with Gasteiger partial charge in [0, 0.05) is 31.7 Å². The number of hydrogen-bond donors (Lipinski definition) is 0. The Balaban J connectivity index is 1.70. The van der Waals surface area contributed by atoms with Gasteiger partial charge in [0.05, 0.1) is 12.7 Å². The van der Waals surface area contributed by atoms with Crippen molar-refractivity contribution < 1.29 is 18.7 Å². The lowest BCUT2D eigenvalue weighted by Crippen LogP contribution is -2.37. The number of benzene rings is 2. The molecule has 2 aromatic carbocycles. The first-order valence-electron chi connectivity index (χ1n) is 8.99. The molecule has 0 bridgehead atoms. The average Bonchev–Trinajstić information content (AvgIpc) is 2.95. The lowest BCUT2D eigenvalue weighted by molar-refractivity contribution is 0.0717. The van der Waals surface area contributed by atoms with Crippen LogP contribution in [0, 0.1) is 12.7 Å². The van der Waals surface area contributed by atoms with Gasteiger partial charge in [-0.2, -0.15) is 0 Å². The van der Waals surface area contributed by atoms with Gasteiger partial charge in [-0.3, -0.25) is 9.59 Å². The zero-order chi connectivity index (χ0) is 19.4. The summed E-state index contributed by atoms with van der Waals surface area (Å²) in [4.78, 5) is 29.1. The van der Waals surface area contributed by atoms with Crippen molar-refractivity contribution in [2.45, 2.75) is 13.3 Å². The first-order chi connectivity index (χ1) is 13.0. The Bertz CT molecular complexity index is 853. The highest BCUT2D eigenvalue weighted by atomic mass is 19.1. The van der Waals surface area contributed by atoms with E-state index < -0.39 is 0 Å². The Morgan fingerprint density at radius 2 is 1.63 bits per heavy atom. The van der Waals surface area contributed by atoms with Gasteiger partial charge in [-0.1, -0.05) is 12.1 Å². The van der Waals surface area contributed by atoms with Crippen molar-refractivity contribution in [3.8, 4) is 5.75 Å². The van der Waals surface area contributed by atoms with Gasteiger partial charge in [0.15, 0.2) is 0 Å². The topological polar surface area (TPSA) is 49.9 Å². The van der Waals surface area contributed by atoms with Crippen molar-refractivity contribution >= 4 is 11.8 Å². The fourth-order valence-corrected chi connectivity index (χ4v) is 3.28. The van der Waals surface area contributed by atoms with Crippen LogP contribution in [-0.4, -0.2) is 54.9 Å². The molecular formula is C21H23FN2O3. The molecule has 0 spiro atoms. The molecule has 5 nitrogen and oxygen atoms in total. The Morgan fingerprint density at radius 1 is 0.963 bits per heavy atom. The maximum absolute atomic E-state index is 13.5. The molecule has 0 radical (unpaired) electrons. The molecule has 27 heavy (non-hydrogen) atoms. The Hall–Kier alpha value is -2.89. The number of amides is 2. The molecule has 0 aliphatic carbocycles. The summed E-state index contributed by atoms with van der Waals surface area (Å²) in [6.45, 7) is 3.66. The molecule has 3 rings (SSSR count). The first kappa shape index (κ1) is 18.9. The Morgan fingerprint density at radius 3 is 2.30 bits per heavy atom. The number of methoxy groups -OCH3 is 1. The van der Waals surface area contributed by atoms with Crippen LogP contribution in [0.1, 0.15) is 32.7 Å². The molecular weight excluding hydrogens is 347 g/mol. The van der Waals surface area contributed by atoms with Crippen LogP contribution in [0.3, 0.4) is 0 Å². The van der Waals surface area contributed by atoms with Crippen molar-refractivity contribution in [3.63, 3.8) is 0 Å². The molecule has 1 fully saturated rings.